The summed E-state index contributed by atoms with van der Waals surface area (Å²) in [4.78, 5) is 21.3. The van der Waals surface area contributed by atoms with Gasteiger partial charge in [0.2, 0.25) is 0 Å². The molecule has 7 rings (SSSR count). The predicted molar refractivity (Wildman–Crippen MR) is 196 cm³/mol. The summed E-state index contributed by atoms with van der Waals surface area (Å²) in [6.45, 7) is 16.7. The van der Waals surface area contributed by atoms with Crippen molar-refractivity contribution in [3.8, 4) is 5.75 Å². The quantitative estimate of drug-likeness (QED) is 0.372. The van der Waals surface area contributed by atoms with Gasteiger partial charge in [-0.3, -0.25) is 14.4 Å². The number of hydrogen-bond donors (Lipinski definition) is 1. The van der Waals surface area contributed by atoms with E-state index in [-0.39, 0.29) is 22.5 Å². The monoisotopic (exact) mass is 692 g/mol. The fraction of sp³-hybridized carbons (Fsp3) is 0.615. The lowest BCUT2D eigenvalue weighted by Gasteiger charge is -2.47. The normalized spacial score (nSPS) is 33.7. The van der Waals surface area contributed by atoms with E-state index in [0.29, 0.717) is 36.0 Å². The number of aryl methyl sites for hydroxylation is 1. The van der Waals surface area contributed by atoms with Crippen LogP contribution >= 0.6 is 11.6 Å². The second kappa shape index (κ2) is 14.1. The van der Waals surface area contributed by atoms with Gasteiger partial charge in [0.1, 0.15) is 16.7 Å². The first-order chi connectivity index (χ1) is 23.1. The Morgan fingerprint density at radius 1 is 1.08 bits per heavy atom. The van der Waals surface area contributed by atoms with Crippen molar-refractivity contribution in [3.63, 3.8) is 0 Å². The predicted octanol–water partition coefficient (Wildman–Crippen LogP) is 6.47. The molecule has 0 radical (unpaired) electrons. The Morgan fingerprint density at radius 2 is 1.90 bits per heavy atom. The summed E-state index contributed by atoms with van der Waals surface area (Å²) in [6.07, 6.45) is 10.2. The van der Waals surface area contributed by atoms with Crippen LogP contribution in [-0.2, 0) is 22.8 Å². The largest absolute Gasteiger partial charge is 0.490 e. The summed E-state index contributed by atoms with van der Waals surface area (Å²) in [5, 5.41) is 0.620. The van der Waals surface area contributed by atoms with Gasteiger partial charge in [-0.05, 0) is 118 Å². The molecule has 1 saturated carbocycles. The number of halogens is 1. The van der Waals surface area contributed by atoms with Crippen LogP contribution in [0, 0.1) is 23.7 Å². The van der Waals surface area contributed by atoms with Crippen molar-refractivity contribution >= 4 is 34.2 Å². The average molecular weight is 693 g/mol. The molecule has 1 N–H and O–H groups in total. The average Bonchev–Trinajstić information content (AvgIpc) is 3.32. The minimum Gasteiger partial charge on any atom is -0.490 e. The molecule has 1 spiro atoms. The van der Waals surface area contributed by atoms with Gasteiger partial charge < -0.3 is 14.5 Å². The first kappa shape index (κ1) is 34.1. The number of anilines is 1. The molecule has 9 heteroatoms. The SMILES string of the molecule is CC1C/C=C/C(CN2CCN(C(C)C)CC2)C2CCC2CN2CC3(CCc4cc(Cl)ccc43)COc3ccc(cc32)C(=O)NS(=O)C1C. The molecule has 0 aromatic heterocycles. The first-order valence-corrected chi connectivity index (χ1v) is 19.8. The van der Waals surface area contributed by atoms with E-state index in [4.69, 9.17) is 16.3 Å². The molecule has 260 valence electrons. The number of ether oxygens (including phenoxy) is 1. The van der Waals surface area contributed by atoms with Crippen molar-refractivity contribution in [2.75, 3.05) is 57.3 Å². The molecule has 48 heavy (non-hydrogen) atoms. The number of allylic oxidation sites excluding steroid dienone is 1. The van der Waals surface area contributed by atoms with Gasteiger partial charge in [0.05, 0.1) is 17.5 Å². The van der Waals surface area contributed by atoms with Crippen LogP contribution in [0.5, 0.6) is 5.75 Å². The maximum absolute atomic E-state index is 13.5. The van der Waals surface area contributed by atoms with Crippen molar-refractivity contribution in [2.45, 2.75) is 76.5 Å². The maximum atomic E-state index is 13.5. The zero-order valence-corrected chi connectivity index (χ0v) is 30.7. The highest BCUT2D eigenvalue weighted by Crippen LogP contribution is 2.48. The molecule has 3 heterocycles. The van der Waals surface area contributed by atoms with Gasteiger partial charge in [-0.1, -0.05) is 36.7 Å². The van der Waals surface area contributed by atoms with E-state index in [1.807, 2.05) is 31.2 Å². The summed E-state index contributed by atoms with van der Waals surface area (Å²) >= 11 is 6.44. The van der Waals surface area contributed by atoms with Crippen molar-refractivity contribution in [1.82, 2.24) is 14.5 Å². The Labute approximate surface area is 295 Å². The molecule has 7 nitrogen and oxygen atoms in total. The van der Waals surface area contributed by atoms with Crippen LogP contribution < -0.4 is 14.4 Å². The van der Waals surface area contributed by atoms with Crippen LogP contribution in [0.4, 0.5) is 5.69 Å². The Balaban J connectivity index is 1.22. The third-order valence-electron chi connectivity index (χ3n) is 12.4. The topological polar surface area (TPSA) is 65.1 Å². The number of nitrogens with zero attached hydrogens (tertiary/aromatic N) is 3. The van der Waals surface area contributed by atoms with E-state index in [2.05, 4.69) is 64.5 Å². The molecule has 2 bridgehead atoms. The number of benzene rings is 2. The number of carbonyl (C=O) groups is 1. The van der Waals surface area contributed by atoms with E-state index in [0.717, 1.165) is 81.5 Å². The standard InChI is InChI=1S/C39H53ClN4O3S/c1-26(2)43-18-16-42(17-19-43)22-31-7-5-6-27(3)28(4)48(46)41-38(45)30-9-13-37-36(21-30)44(23-32-8-11-34(31)32)24-39(25-47-37)15-14-29-20-33(40)10-12-35(29)39/h5,7,9-10,12-13,20-21,26-28,31-32,34H,6,8,11,14-19,22-25H2,1-4H3,(H,41,45)/b7-5+. The van der Waals surface area contributed by atoms with E-state index < -0.39 is 11.0 Å². The third-order valence-corrected chi connectivity index (χ3v) is 14.1. The molecule has 2 aromatic rings. The molecule has 2 aromatic carbocycles. The second-order valence-electron chi connectivity index (χ2n) is 15.6. The van der Waals surface area contributed by atoms with Gasteiger partial charge in [-0.2, -0.15) is 0 Å². The van der Waals surface area contributed by atoms with Gasteiger partial charge in [0.25, 0.3) is 5.91 Å². The van der Waals surface area contributed by atoms with Crippen LogP contribution in [0.3, 0.4) is 0 Å². The molecule has 2 fully saturated rings. The van der Waals surface area contributed by atoms with Crippen molar-refractivity contribution in [2.24, 2.45) is 23.7 Å². The smallest absolute Gasteiger partial charge is 0.263 e. The van der Waals surface area contributed by atoms with Crippen LogP contribution in [0.15, 0.2) is 48.6 Å². The van der Waals surface area contributed by atoms with Crippen LogP contribution in [-0.4, -0.2) is 83.6 Å². The van der Waals surface area contributed by atoms with Crippen molar-refractivity contribution in [3.05, 3.63) is 70.3 Å². The van der Waals surface area contributed by atoms with Gasteiger partial charge in [-0.25, -0.2) is 4.21 Å². The minimum atomic E-state index is -1.49. The molecule has 1 amide bonds. The van der Waals surface area contributed by atoms with E-state index >= 15 is 0 Å². The van der Waals surface area contributed by atoms with Gasteiger partial charge >= 0.3 is 0 Å². The number of rotatable bonds is 3. The lowest BCUT2D eigenvalue weighted by Crippen LogP contribution is -2.52. The summed E-state index contributed by atoms with van der Waals surface area (Å²) in [5.41, 5.74) is 4.02. The Hall–Kier alpha value is -2.39. The molecule has 1 saturated heterocycles. The zero-order valence-electron chi connectivity index (χ0n) is 29.1. The minimum absolute atomic E-state index is 0.149. The molecule has 7 atom stereocenters. The number of fused-ring (bicyclic) bond motifs is 4. The fourth-order valence-corrected chi connectivity index (χ4v) is 10.1. The van der Waals surface area contributed by atoms with Crippen LogP contribution in [0.1, 0.15) is 74.9 Å². The zero-order chi connectivity index (χ0) is 33.6. The summed E-state index contributed by atoms with van der Waals surface area (Å²) in [5.74, 6) is 2.34. The number of nitrogens with one attached hydrogen (secondary N) is 1. The number of hydrogen-bond acceptors (Lipinski definition) is 6. The van der Waals surface area contributed by atoms with E-state index in [1.165, 1.54) is 24.0 Å². The molecule has 5 aliphatic rings. The summed E-state index contributed by atoms with van der Waals surface area (Å²) in [6, 6.07) is 12.7. The Morgan fingerprint density at radius 3 is 2.65 bits per heavy atom. The first-order valence-electron chi connectivity index (χ1n) is 18.3. The van der Waals surface area contributed by atoms with E-state index in [9.17, 15) is 9.00 Å². The van der Waals surface area contributed by atoms with Crippen molar-refractivity contribution < 1.29 is 13.7 Å². The lowest BCUT2D eigenvalue weighted by molar-refractivity contribution is 0.0649. The summed E-state index contributed by atoms with van der Waals surface area (Å²) in [7, 11) is -1.49. The lowest BCUT2D eigenvalue weighted by atomic mass is 9.66. The molecular formula is C39H53ClN4O3S. The van der Waals surface area contributed by atoms with Crippen molar-refractivity contribution in [1.29, 1.82) is 0 Å². The van der Waals surface area contributed by atoms with Gasteiger partial charge in [0.15, 0.2) is 0 Å². The van der Waals surface area contributed by atoms with E-state index in [1.54, 1.807) is 0 Å². The second-order valence-corrected chi connectivity index (χ2v) is 17.6. The highest BCUT2D eigenvalue weighted by atomic mass is 35.5. The third kappa shape index (κ3) is 6.84. The molecule has 3 aliphatic heterocycles. The molecule has 7 unspecified atom stereocenters. The Bertz CT molecular complexity index is 1560. The van der Waals surface area contributed by atoms with Gasteiger partial charge in [-0.15, -0.1) is 0 Å². The maximum Gasteiger partial charge on any atom is 0.263 e. The molecule has 2 aliphatic carbocycles. The van der Waals surface area contributed by atoms with Crippen LogP contribution in [0.25, 0.3) is 0 Å². The van der Waals surface area contributed by atoms with Crippen LogP contribution in [0.2, 0.25) is 5.02 Å². The highest BCUT2D eigenvalue weighted by molar-refractivity contribution is 7.84. The number of piperazine rings is 1. The summed E-state index contributed by atoms with van der Waals surface area (Å²) < 4.78 is 22.9. The molecular weight excluding hydrogens is 640 g/mol. The number of carbonyl (C=O) groups excluding carboxylic acids is 1. The van der Waals surface area contributed by atoms with Gasteiger partial charge in [0, 0.05) is 67.9 Å². The number of amides is 1. The fourth-order valence-electron chi connectivity index (χ4n) is 8.89. The Kier molecular flexibility index (Phi) is 10.00. The highest BCUT2D eigenvalue weighted by Gasteiger charge is 2.45.